The van der Waals surface area contributed by atoms with E-state index in [-0.39, 0.29) is 11.4 Å². The number of benzene rings is 2. The normalized spacial score (nSPS) is 11.2. The van der Waals surface area contributed by atoms with E-state index in [1.54, 1.807) is 24.3 Å². The molecule has 0 bridgehead atoms. The molecule has 0 aliphatic carbocycles. The fourth-order valence-electron chi connectivity index (χ4n) is 3.66. The quantitative estimate of drug-likeness (QED) is 0.195. The lowest BCUT2D eigenvalue weighted by Gasteiger charge is -2.34. The average molecular weight is 431 g/mol. The third-order valence-corrected chi connectivity index (χ3v) is 5.33. The molecular weight excluding hydrogens is 398 g/mol. The molecule has 9 nitrogen and oxygen atoms in total. The van der Waals surface area contributed by atoms with Gasteiger partial charge in [0, 0.05) is 61.6 Å². The maximum absolute atomic E-state index is 10.7. The SMILES string of the molecule is CCC[N+](C)(CCCNc1ccc([N+](=O)[O-])cc1)CCCNc1ccc([N+](=O)[O-])cc1. The first-order valence-electron chi connectivity index (χ1n) is 10.6. The maximum atomic E-state index is 10.7. The summed E-state index contributed by atoms with van der Waals surface area (Å²) >= 11 is 0. The zero-order valence-electron chi connectivity index (χ0n) is 18.3. The highest BCUT2D eigenvalue weighted by Crippen LogP contribution is 2.17. The molecule has 0 saturated carbocycles. The highest BCUT2D eigenvalue weighted by Gasteiger charge is 2.19. The zero-order chi connectivity index (χ0) is 22.7. The van der Waals surface area contributed by atoms with Gasteiger partial charge in [0.25, 0.3) is 11.4 Å². The molecule has 0 radical (unpaired) electrons. The standard InChI is InChI=1S/C22H32N5O4/c1-3-16-27(2,17-4-14-23-19-6-10-21(11-7-19)25(28)29)18-5-15-24-20-8-12-22(13-9-20)26(30)31/h6-13,23-24H,3-5,14-18H2,1-2H3/q+1. The lowest BCUT2D eigenvalue weighted by Crippen LogP contribution is -2.47. The van der Waals surface area contributed by atoms with E-state index in [0.717, 1.165) is 67.8 Å². The van der Waals surface area contributed by atoms with Gasteiger partial charge in [-0.1, -0.05) is 6.92 Å². The topological polar surface area (TPSA) is 110 Å². The number of nitrogens with zero attached hydrogens (tertiary/aromatic N) is 3. The number of anilines is 2. The number of non-ortho nitro benzene ring substituents is 2. The van der Waals surface area contributed by atoms with Crippen LogP contribution in [0.1, 0.15) is 26.2 Å². The molecule has 0 aliphatic rings. The Bertz CT molecular complexity index is 774. The van der Waals surface area contributed by atoms with Crippen molar-refractivity contribution in [3.8, 4) is 0 Å². The molecule has 0 heterocycles. The molecule has 2 aromatic carbocycles. The van der Waals surface area contributed by atoms with Crippen LogP contribution < -0.4 is 10.6 Å². The van der Waals surface area contributed by atoms with E-state index >= 15 is 0 Å². The number of nitrogens with one attached hydrogen (secondary N) is 2. The maximum Gasteiger partial charge on any atom is 0.269 e. The largest absolute Gasteiger partial charge is 0.385 e. The van der Waals surface area contributed by atoms with E-state index in [1.807, 2.05) is 0 Å². The molecule has 0 fully saturated rings. The van der Waals surface area contributed by atoms with Crippen LogP contribution >= 0.6 is 0 Å². The molecule has 0 saturated heterocycles. The fraction of sp³-hybridized carbons (Fsp3) is 0.455. The van der Waals surface area contributed by atoms with E-state index in [2.05, 4.69) is 24.6 Å². The van der Waals surface area contributed by atoms with Crippen molar-refractivity contribution < 1.29 is 14.3 Å². The number of hydrogen-bond donors (Lipinski definition) is 2. The monoisotopic (exact) mass is 430 g/mol. The van der Waals surface area contributed by atoms with Crippen molar-refractivity contribution in [2.75, 3.05) is 50.4 Å². The molecule has 0 atom stereocenters. The number of quaternary nitrogens is 1. The van der Waals surface area contributed by atoms with Gasteiger partial charge in [-0.25, -0.2) is 0 Å². The molecular formula is C22H32N5O4+. The third kappa shape index (κ3) is 8.21. The lowest BCUT2D eigenvalue weighted by atomic mass is 10.2. The Hall–Kier alpha value is -3.20. The van der Waals surface area contributed by atoms with Crippen LogP contribution in [0.15, 0.2) is 48.5 Å². The van der Waals surface area contributed by atoms with Crippen molar-refractivity contribution in [2.45, 2.75) is 26.2 Å². The molecule has 0 unspecified atom stereocenters. The summed E-state index contributed by atoms with van der Waals surface area (Å²) in [4.78, 5) is 20.7. The minimum atomic E-state index is -0.395. The van der Waals surface area contributed by atoms with Gasteiger partial charge in [-0.15, -0.1) is 0 Å². The molecule has 2 rings (SSSR count). The highest BCUT2D eigenvalue weighted by molar-refractivity contribution is 5.49. The van der Waals surface area contributed by atoms with Gasteiger partial charge in [0.05, 0.1) is 36.5 Å². The van der Waals surface area contributed by atoms with Crippen LogP contribution in [0.5, 0.6) is 0 Å². The molecule has 9 heteroatoms. The van der Waals surface area contributed by atoms with Gasteiger partial charge in [-0.05, 0) is 30.7 Å². The summed E-state index contributed by atoms with van der Waals surface area (Å²) in [5.41, 5.74) is 1.98. The summed E-state index contributed by atoms with van der Waals surface area (Å²) in [7, 11) is 2.28. The van der Waals surface area contributed by atoms with E-state index in [0.29, 0.717) is 0 Å². The van der Waals surface area contributed by atoms with Crippen molar-refractivity contribution in [1.29, 1.82) is 0 Å². The Labute approximate surface area is 183 Å². The molecule has 2 aromatic rings. The van der Waals surface area contributed by atoms with Crippen LogP contribution in [0, 0.1) is 20.2 Å². The van der Waals surface area contributed by atoms with Crippen LogP contribution in [0.2, 0.25) is 0 Å². The van der Waals surface area contributed by atoms with Gasteiger partial charge in [0.15, 0.2) is 0 Å². The van der Waals surface area contributed by atoms with Crippen LogP contribution in [0.25, 0.3) is 0 Å². The highest BCUT2D eigenvalue weighted by atomic mass is 16.6. The number of nitro benzene ring substituents is 2. The molecule has 31 heavy (non-hydrogen) atoms. The minimum Gasteiger partial charge on any atom is -0.385 e. The number of hydrogen-bond acceptors (Lipinski definition) is 6. The van der Waals surface area contributed by atoms with Gasteiger partial charge < -0.3 is 15.1 Å². The van der Waals surface area contributed by atoms with Gasteiger partial charge >= 0.3 is 0 Å². The molecule has 0 aliphatic heterocycles. The number of nitro groups is 2. The average Bonchev–Trinajstić information content (AvgIpc) is 2.75. The van der Waals surface area contributed by atoms with Crippen molar-refractivity contribution in [2.24, 2.45) is 0 Å². The minimum absolute atomic E-state index is 0.0973. The van der Waals surface area contributed by atoms with Gasteiger partial charge in [0.1, 0.15) is 0 Å². The Morgan fingerprint density at radius 3 is 1.45 bits per heavy atom. The second kappa shape index (κ2) is 11.8. The van der Waals surface area contributed by atoms with Gasteiger partial charge in [-0.2, -0.15) is 0 Å². The second-order valence-corrected chi connectivity index (χ2v) is 7.96. The van der Waals surface area contributed by atoms with Crippen molar-refractivity contribution >= 4 is 22.7 Å². The molecule has 0 aromatic heterocycles. The van der Waals surface area contributed by atoms with Crippen molar-refractivity contribution in [3.05, 3.63) is 68.8 Å². The first kappa shape index (κ1) is 24.1. The molecule has 168 valence electrons. The van der Waals surface area contributed by atoms with E-state index < -0.39 is 9.85 Å². The Balaban J connectivity index is 1.72. The number of rotatable bonds is 14. The Morgan fingerprint density at radius 2 is 1.13 bits per heavy atom. The lowest BCUT2D eigenvalue weighted by molar-refractivity contribution is -0.909. The summed E-state index contributed by atoms with van der Waals surface area (Å²) in [5, 5.41) is 28.1. The third-order valence-electron chi connectivity index (χ3n) is 5.33. The van der Waals surface area contributed by atoms with Gasteiger partial charge in [-0.3, -0.25) is 20.2 Å². The molecule has 0 amide bonds. The van der Waals surface area contributed by atoms with Crippen molar-refractivity contribution in [3.63, 3.8) is 0 Å². The van der Waals surface area contributed by atoms with E-state index in [1.165, 1.54) is 24.3 Å². The predicted octanol–water partition coefficient (Wildman–Crippen LogP) is 4.66. The summed E-state index contributed by atoms with van der Waals surface area (Å²) in [6.07, 6.45) is 3.12. The summed E-state index contributed by atoms with van der Waals surface area (Å²) in [6, 6.07) is 13.0. The van der Waals surface area contributed by atoms with Crippen molar-refractivity contribution in [1.82, 2.24) is 0 Å². The predicted molar refractivity (Wildman–Crippen MR) is 123 cm³/mol. The van der Waals surface area contributed by atoms with Gasteiger partial charge in [0.2, 0.25) is 0 Å². The fourth-order valence-corrected chi connectivity index (χ4v) is 3.66. The van der Waals surface area contributed by atoms with E-state index in [9.17, 15) is 20.2 Å². The Kier molecular flexibility index (Phi) is 9.20. The molecule has 0 spiro atoms. The smallest absolute Gasteiger partial charge is 0.269 e. The summed E-state index contributed by atoms with van der Waals surface area (Å²) in [6.45, 7) is 7.03. The zero-order valence-corrected chi connectivity index (χ0v) is 18.3. The van der Waals surface area contributed by atoms with E-state index in [4.69, 9.17) is 0 Å². The van der Waals surface area contributed by atoms with Crippen LogP contribution in [-0.2, 0) is 0 Å². The summed E-state index contributed by atoms with van der Waals surface area (Å²) in [5.74, 6) is 0. The van der Waals surface area contributed by atoms with Crippen LogP contribution in [0.4, 0.5) is 22.7 Å². The summed E-state index contributed by atoms with van der Waals surface area (Å²) < 4.78 is 0.986. The first-order chi connectivity index (χ1) is 14.8. The van der Waals surface area contributed by atoms with Crippen LogP contribution in [-0.4, -0.2) is 54.1 Å². The molecule has 2 N–H and O–H groups in total. The second-order valence-electron chi connectivity index (χ2n) is 7.96. The Morgan fingerprint density at radius 1 is 0.742 bits per heavy atom. The first-order valence-corrected chi connectivity index (χ1v) is 10.6. The van der Waals surface area contributed by atoms with Crippen LogP contribution in [0.3, 0.4) is 0 Å².